The molecule has 0 aliphatic carbocycles. The Hall–Kier alpha value is -3.61. The van der Waals surface area contributed by atoms with Crippen LogP contribution in [0, 0.1) is 5.82 Å². The normalized spacial score (nSPS) is 11.9. The molecule has 0 spiro atoms. The number of nitrogens with zero attached hydrogens (tertiary/aromatic N) is 1. The first-order valence-electron chi connectivity index (χ1n) is 8.83. The standard InChI is InChI=1S/C21H18FN3O3/c22-17-4-2-1-3-14(17)9-10-23-16-5-7-18(24-12-16)21(26)25-15-6-8-19-20(11-15)28-13-27-19/h1-8,11-12,23H,9-10,13H2,(H,25,26). The average molecular weight is 379 g/mol. The Bertz CT molecular complexity index is 992. The molecule has 0 unspecified atom stereocenters. The summed E-state index contributed by atoms with van der Waals surface area (Å²) in [5.74, 6) is 0.719. The Balaban J connectivity index is 1.32. The fraction of sp³-hybridized carbons (Fsp3) is 0.143. The molecule has 1 aromatic heterocycles. The van der Waals surface area contributed by atoms with Crippen LogP contribution in [0.15, 0.2) is 60.8 Å². The van der Waals surface area contributed by atoms with Crippen molar-refractivity contribution >= 4 is 17.3 Å². The summed E-state index contributed by atoms with van der Waals surface area (Å²) >= 11 is 0. The largest absolute Gasteiger partial charge is 0.454 e. The molecule has 2 heterocycles. The summed E-state index contributed by atoms with van der Waals surface area (Å²) in [6, 6.07) is 15.3. The van der Waals surface area contributed by atoms with Crippen molar-refractivity contribution < 1.29 is 18.7 Å². The summed E-state index contributed by atoms with van der Waals surface area (Å²) in [6.07, 6.45) is 2.13. The van der Waals surface area contributed by atoms with Crippen LogP contribution in [0.3, 0.4) is 0 Å². The van der Waals surface area contributed by atoms with Gasteiger partial charge >= 0.3 is 0 Å². The zero-order valence-electron chi connectivity index (χ0n) is 14.9. The monoisotopic (exact) mass is 379 g/mol. The van der Waals surface area contributed by atoms with Gasteiger partial charge in [0.2, 0.25) is 6.79 Å². The summed E-state index contributed by atoms with van der Waals surface area (Å²) in [4.78, 5) is 16.5. The van der Waals surface area contributed by atoms with Gasteiger partial charge in [0.1, 0.15) is 11.5 Å². The lowest BCUT2D eigenvalue weighted by Crippen LogP contribution is -2.14. The highest BCUT2D eigenvalue weighted by Crippen LogP contribution is 2.34. The smallest absolute Gasteiger partial charge is 0.274 e. The lowest BCUT2D eigenvalue weighted by molar-refractivity contribution is 0.102. The molecule has 3 aromatic rings. The van der Waals surface area contributed by atoms with Gasteiger partial charge < -0.3 is 20.1 Å². The van der Waals surface area contributed by atoms with Crippen molar-refractivity contribution in [1.82, 2.24) is 4.98 Å². The second-order valence-corrected chi connectivity index (χ2v) is 6.22. The third-order valence-electron chi connectivity index (χ3n) is 4.31. The Labute approximate surface area is 161 Å². The summed E-state index contributed by atoms with van der Waals surface area (Å²) in [5, 5.41) is 5.95. The van der Waals surface area contributed by atoms with Crippen LogP contribution in [0.5, 0.6) is 11.5 Å². The Morgan fingerprint density at radius 1 is 1.04 bits per heavy atom. The van der Waals surface area contributed by atoms with E-state index in [1.165, 1.54) is 6.07 Å². The van der Waals surface area contributed by atoms with E-state index in [9.17, 15) is 9.18 Å². The van der Waals surface area contributed by atoms with E-state index < -0.39 is 0 Å². The molecule has 142 valence electrons. The molecule has 2 N–H and O–H groups in total. The maximum atomic E-state index is 13.6. The number of benzene rings is 2. The Morgan fingerprint density at radius 3 is 2.68 bits per heavy atom. The number of amides is 1. The molecule has 0 saturated heterocycles. The van der Waals surface area contributed by atoms with Crippen molar-refractivity contribution in [3.63, 3.8) is 0 Å². The Morgan fingerprint density at radius 2 is 1.86 bits per heavy atom. The number of rotatable bonds is 6. The molecule has 1 aliphatic heterocycles. The highest BCUT2D eigenvalue weighted by Gasteiger charge is 2.15. The fourth-order valence-corrected chi connectivity index (χ4v) is 2.84. The summed E-state index contributed by atoms with van der Waals surface area (Å²) in [7, 11) is 0. The predicted molar refractivity (Wildman–Crippen MR) is 103 cm³/mol. The number of carbonyl (C=O) groups is 1. The summed E-state index contributed by atoms with van der Waals surface area (Å²) in [5.41, 5.74) is 2.30. The first-order chi connectivity index (χ1) is 13.7. The minimum absolute atomic E-state index is 0.180. The molecule has 4 rings (SSSR count). The molecular formula is C21H18FN3O3. The van der Waals surface area contributed by atoms with Crippen molar-refractivity contribution in [1.29, 1.82) is 0 Å². The third-order valence-corrected chi connectivity index (χ3v) is 4.31. The molecule has 2 aromatic carbocycles. The number of ether oxygens (including phenoxy) is 2. The number of carbonyl (C=O) groups excluding carboxylic acids is 1. The number of nitrogens with one attached hydrogen (secondary N) is 2. The van der Waals surface area contributed by atoms with E-state index in [-0.39, 0.29) is 24.2 Å². The average Bonchev–Trinajstić information content (AvgIpc) is 3.18. The zero-order chi connectivity index (χ0) is 19.3. The second-order valence-electron chi connectivity index (χ2n) is 6.22. The van der Waals surface area contributed by atoms with Crippen LogP contribution in [0.4, 0.5) is 15.8 Å². The number of fused-ring (bicyclic) bond motifs is 1. The predicted octanol–water partition coefficient (Wildman–Crippen LogP) is 3.86. The molecular weight excluding hydrogens is 361 g/mol. The quantitative estimate of drug-likeness (QED) is 0.681. The SMILES string of the molecule is O=C(Nc1ccc2c(c1)OCO2)c1ccc(NCCc2ccccc2F)cn1. The first-order valence-corrected chi connectivity index (χ1v) is 8.83. The molecule has 0 fully saturated rings. The van der Waals surface area contributed by atoms with Crippen molar-refractivity contribution in [3.05, 3.63) is 77.9 Å². The minimum Gasteiger partial charge on any atom is -0.454 e. The van der Waals surface area contributed by atoms with Crippen molar-refractivity contribution in [2.45, 2.75) is 6.42 Å². The van der Waals surface area contributed by atoms with Gasteiger partial charge in [0.15, 0.2) is 11.5 Å². The van der Waals surface area contributed by atoms with Crippen LogP contribution in [-0.2, 0) is 6.42 Å². The number of aromatic nitrogens is 1. The van der Waals surface area contributed by atoms with Gasteiger partial charge in [-0.15, -0.1) is 0 Å². The van der Waals surface area contributed by atoms with Gasteiger partial charge in [0.25, 0.3) is 5.91 Å². The van der Waals surface area contributed by atoms with Crippen LogP contribution in [0.2, 0.25) is 0 Å². The summed E-state index contributed by atoms with van der Waals surface area (Å²) in [6.45, 7) is 0.741. The van der Waals surface area contributed by atoms with E-state index in [0.717, 1.165) is 5.69 Å². The number of hydrogen-bond acceptors (Lipinski definition) is 5. The minimum atomic E-state index is -0.322. The highest BCUT2D eigenvalue weighted by molar-refractivity contribution is 6.03. The third kappa shape index (κ3) is 4.03. The number of hydrogen-bond donors (Lipinski definition) is 2. The van der Waals surface area contributed by atoms with Gasteiger partial charge in [0, 0.05) is 18.3 Å². The van der Waals surface area contributed by atoms with Gasteiger partial charge in [-0.25, -0.2) is 9.37 Å². The molecule has 28 heavy (non-hydrogen) atoms. The number of anilines is 2. The number of pyridine rings is 1. The van der Waals surface area contributed by atoms with E-state index in [2.05, 4.69) is 15.6 Å². The van der Waals surface area contributed by atoms with Crippen molar-refractivity contribution in [2.75, 3.05) is 24.0 Å². The lowest BCUT2D eigenvalue weighted by atomic mass is 10.1. The van der Waals surface area contributed by atoms with Crippen LogP contribution in [-0.4, -0.2) is 24.2 Å². The van der Waals surface area contributed by atoms with Crippen LogP contribution >= 0.6 is 0 Å². The maximum Gasteiger partial charge on any atom is 0.274 e. The fourth-order valence-electron chi connectivity index (χ4n) is 2.84. The highest BCUT2D eigenvalue weighted by atomic mass is 19.1. The molecule has 0 atom stereocenters. The van der Waals surface area contributed by atoms with Gasteiger partial charge in [-0.05, 0) is 42.3 Å². The molecule has 1 amide bonds. The van der Waals surface area contributed by atoms with Gasteiger partial charge in [-0.1, -0.05) is 18.2 Å². The van der Waals surface area contributed by atoms with Gasteiger partial charge in [-0.3, -0.25) is 4.79 Å². The molecule has 0 radical (unpaired) electrons. The van der Waals surface area contributed by atoms with Crippen LogP contribution < -0.4 is 20.1 Å². The molecule has 0 bridgehead atoms. The lowest BCUT2D eigenvalue weighted by Gasteiger charge is -2.08. The number of halogens is 1. The van der Waals surface area contributed by atoms with E-state index in [1.54, 1.807) is 48.7 Å². The van der Waals surface area contributed by atoms with E-state index in [4.69, 9.17) is 9.47 Å². The van der Waals surface area contributed by atoms with Crippen molar-refractivity contribution in [3.8, 4) is 11.5 Å². The maximum absolute atomic E-state index is 13.6. The van der Waals surface area contributed by atoms with E-state index in [0.29, 0.717) is 35.7 Å². The van der Waals surface area contributed by atoms with Crippen LogP contribution in [0.1, 0.15) is 16.1 Å². The van der Waals surface area contributed by atoms with E-state index in [1.807, 2.05) is 6.07 Å². The Kier molecular flexibility index (Phi) is 5.05. The van der Waals surface area contributed by atoms with Crippen molar-refractivity contribution in [2.24, 2.45) is 0 Å². The molecule has 0 saturated carbocycles. The second kappa shape index (κ2) is 7.96. The first kappa shape index (κ1) is 17.8. The van der Waals surface area contributed by atoms with E-state index >= 15 is 0 Å². The zero-order valence-corrected chi connectivity index (χ0v) is 14.9. The molecule has 7 heteroatoms. The van der Waals surface area contributed by atoms with Gasteiger partial charge in [-0.2, -0.15) is 0 Å². The molecule has 6 nitrogen and oxygen atoms in total. The van der Waals surface area contributed by atoms with Gasteiger partial charge in [0.05, 0.1) is 11.9 Å². The topological polar surface area (TPSA) is 72.5 Å². The van der Waals surface area contributed by atoms with Crippen LogP contribution in [0.25, 0.3) is 0 Å². The molecule has 1 aliphatic rings. The summed E-state index contributed by atoms with van der Waals surface area (Å²) < 4.78 is 24.2.